The third kappa shape index (κ3) is 5.00. The van der Waals surface area contributed by atoms with Crippen molar-refractivity contribution in [3.8, 4) is 5.75 Å². The van der Waals surface area contributed by atoms with Crippen LogP contribution in [0.25, 0.3) is 11.2 Å². The Labute approximate surface area is 192 Å². The number of imidazole rings is 1. The molecule has 1 aliphatic rings. The first-order valence-corrected chi connectivity index (χ1v) is 13.1. The number of anilines is 1. The highest BCUT2D eigenvalue weighted by molar-refractivity contribution is 7.99. The van der Waals surface area contributed by atoms with Crippen LogP contribution in [0.2, 0.25) is 0 Å². The molecule has 11 heteroatoms. The van der Waals surface area contributed by atoms with Crippen molar-refractivity contribution in [2.75, 3.05) is 24.6 Å². The largest absolute Gasteiger partial charge is 0.493 e. The first-order chi connectivity index (χ1) is 15.2. The van der Waals surface area contributed by atoms with Gasteiger partial charge < -0.3 is 15.0 Å². The summed E-state index contributed by atoms with van der Waals surface area (Å²) in [6.07, 6.45) is 2.94. The van der Waals surface area contributed by atoms with Gasteiger partial charge in [0.25, 0.3) is 0 Å². The van der Waals surface area contributed by atoms with Gasteiger partial charge in [-0.2, -0.15) is 0 Å². The van der Waals surface area contributed by atoms with Crippen molar-refractivity contribution in [2.45, 2.75) is 50.2 Å². The van der Waals surface area contributed by atoms with Crippen LogP contribution in [0.15, 0.2) is 28.5 Å². The summed E-state index contributed by atoms with van der Waals surface area (Å²) in [5.41, 5.74) is 9.61. The highest BCUT2D eigenvalue weighted by Crippen LogP contribution is 2.37. The molecule has 3 N–H and O–H groups in total. The molecule has 0 amide bonds. The minimum atomic E-state index is -3.28. The molecule has 1 aliphatic heterocycles. The summed E-state index contributed by atoms with van der Waals surface area (Å²) in [5.74, 6) is 1.43. The van der Waals surface area contributed by atoms with E-state index in [9.17, 15) is 8.42 Å². The minimum Gasteiger partial charge on any atom is -0.493 e. The lowest BCUT2D eigenvalue weighted by atomic mass is 10.1. The summed E-state index contributed by atoms with van der Waals surface area (Å²) in [6, 6.07) is 4.22. The molecule has 32 heavy (non-hydrogen) atoms. The number of hydrogen-bond donors (Lipinski definition) is 2. The van der Waals surface area contributed by atoms with Gasteiger partial charge in [0, 0.05) is 24.4 Å². The molecule has 9 nitrogen and oxygen atoms in total. The number of hydrogen-bond acceptors (Lipinski definition) is 8. The molecule has 0 spiro atoms. The van der Waals surface area contributed by atoms with Gasteiger partial charge in [0.15, 0.2) is 22.1 Å². The van der Waals surface area contributed by atoms with Gasteiger partial charge in [-0.3, -0.25) is 0 Å². The van der Waals surface area contributed by atoms with E-state index in [0.717, 1.165) is 27.8 Å². The molecule has 0 fully saturated rings. The standard InChI is InChI=1S/C21H28N6O3S2/c1-13(2)11-32(28,29)25-6-4-7-27-20-18(19(22)23-12-24-20)26-21(27)31-17-10-16-15(5-8-30-16)9-14(17)3/h9-10,12-13,25H,4-8,11H2,1-3H3,(H2,22,23,24). The van der Waals surface area contributed by atoms with Crippen molar-refractivity contribution in [1.29, 1.82) is 0 Å². The second-order valence-electron chi connectivity index (χ2n) is 8.33. The Kier molecular flexibility index (Phi) is 6.59. The maximum absolute atomic E-state index is 12.1. The number of fused-ring (bicyclic) bond motifs is 2. The Bertz CT molecular complexity index is 1240. The van der Waals surface area contributed by atoms with Gasteiger partial charge in [0.2, 0.25) is 10.0 Å². The number of nitrogens with two attached hydrogens (primary N) is 1. The van der Waals surface area contributed by atoms with Crippen LogP contribution >= 0.6 is 11.8 Å². The van der Waals surface area contributed by atoms with Gasteiger partial charge >= 0.3 is 0 Å². The Morgan fingerprint density at radius 1 is 1.31 bits per heavy atom. The lowest BCUT2D eigenvalue weighted by Crippen LogP contribution is -2.29. The van der Waals surface area contributed by atoms with Crippen LogP contribution in [0.3, 0.4) is 0 Å². The van der Waals surface area contributed by atoms with E-state index in [1.54, 1.807) is 0 Å². The van der Waals surface area contributed by atoms with Gasteiger partial charge in [-0.1, -0.05) is 31.7 Å². The molecule has 3 heterocycles. The molecular formula is C21H28N6O3S2. The number of benzene rings is 1. The molecule has 0 radical (unpaired) electrons. The zero-order chi connectivity index (χ0) is 22.9. The quantitative estimate of drug-likeness (QED) is 0.452. The van der Waals surface area contributed by atoms with Crippen LogP contribution in [0.4, 0.5) is 5.82 Å². The highest BCUT2D eigenvalue weighted by atomic mass is 32.2. The first kappa shape index (κ1) is 22.8. The van der Waals surface area contributed by atoms with E-state index in [1.165, 1.54) is 23.7 Å². The Balaban J connectivity index is 1.57. The third-order valence-electron chi connectivity index (χ3n) is 5.15. The molecule has 3 aromatic rings. The highest BCUT2D eigenvalue weighted by Gasteiger charge is 2.20. The Morgan fingerprint density at radius 3 is 2.91 bits per heavy atom. The summed E-state index contributed by atoms with van der Waals surface area (Å²) < 4.78 is 34.6. The summed E-state index contributed by atoms with van der Waals surface area (Å²) >= 11 is 1.52. The smallest absolute Gasteiger partial charge is 0.211 e. The molecular weight excluding hydrogens is 448 g/mol. The number of aryl methyl sites for hydroxylation is 2. The van der Waals surface area contributed by atoms with Crippen molar-refractivity contribution < 1.29 is 13.2 Å². The summed E-state index contributed by atoms with van der Waals surface area (Å²) in [6.45, 7) is 7.43. The third-order valence-corrected chi connectivity index (χ3v) is 8.05. The fraction of sp³-hybridized carbons (Fsp3) is 0.476. The molecule has 172 valence electrons. The van der Waals surface area contributed by atoms with Crippen LogP contribution in [0.1, 0.15) is 31.4 Å². The predicted molar refractivity (Wildman–Crippen MR) is 125 cm³/mol. The van der Waals surface area contributed by atoms with Crippen LogP contribution in [0, 0.1) is 12.8 Å². The molecule has 2 aromatic heterocycles. The lowest BCUT2D eigenvalue weighted by Gasteiger charge is -2.12. The molecule has 0 aliphatic carbocycles. The van der Waals surface area contributed by atoms with E-state index in [0.29, 0.717) is 43.1 Å². The minimum absolute atomic E-state index is 0.0762. The zero-order valence-electron chi connectivity index (χ0n) is 18.5. The fourth-order valence-electron chi connectivity index (χ4n) is 3.71. The van der Waals surface area contributed by atoms with Crippen molar-refractivity contribution in [3.05, 3.63) is 29.6 Å². The molecule has 0 bridgehead atoms. The predicted octanol–water partition coefficient (Wildman–Crippen LogP) is 2.77. The second kappa shape index (κ2) is 9.24. The fourth-order valence-corrected chi connectivity index (χ4v) is 6.17. The number of sulfonamides is 1. The number of rotatable bonds is 9. The topological polar surface area (TPSA) is 125 Å². The monoisotopic (exact) mass is 476 g/mol. The molecule has 4 rings (SSSR count). The van der Waals surface area contributed by atoms with E-state index in [2.05, 4.69) is 33.7 Å². The Morgan fingerprint density at radius 2 is 2.12 bits per heavy atom. The lowest BCUT2D eigenvalue weighted by molar-refractivity contribution is 0.356. The van der Waals surface area contributed by atoms with Crippen molar-refractivity contribution in [3.63, 3.8) is 0 Å². The molecule has 0 atom stereocenters. The number of nitrogens with one attached hydrogen (secondary N) is 1. The first-order valence-electron chi connectivity index (χ1n) is 10.6. The second-order valence-corrected chi connectivity index (χ2v) is 11.2. The summed E-state index contributed by atoms with van der Waals surface area (Å²) in [7, 11) is -3.28. The van der Waals surface area contributed by atoms with E-state index >= 15 is 0 Å². The molecule has 1 aromatic carbocycles. The van der Waals surface area contributed by atoms with Crippen LogP contribution < -0.4 is 15.2 Å². The summed E-state index contributed by atoms with van der Waals surface area (Å²) in [4.78, 5) is 14.2. The van der Waals surface area contributed by atoms with E-state index < -0.39 is 10.0 Å². The van der Waals surface area contributed by atoms with Gasteiger partial charge in [-0.25, -0.2) is 28.1 Å². The van der Waals surface area contributed by atoms with Gasteiger partial charge in [0.1, 0.15) is 12.1 Å². The summed E-state index contributed by atoms with van der Waals surface area (Å²) in [5, 5.41) is 0.735. The number of nitrogens with zero attached hydrogens (tertiary/aromatic N) is 4. The average molecular weight is 477 g/mol. The number of ether oxygens (including phenoxy) is 1. The van der Waals surface area contributed by atoms with Crippen molar-refractivity contribution in [2.24, 2.45) is 5.92 Å². The van der Waals surface area contributed by atoms with Gasteiger partial charge in [0.05, 0.1) is 12.4 Å². The van der Waals surface area contributed by atoms with Crippen LogP contribution in [0.5, 0.6) is 5.75 Å². The maximum atomic E-state index is 12.1. The maximum Gasteiger partial charge on any atom is 0.211 e. The zero-order valence-corrected chi connectivity index (χ0v) is 20.1. The van der Waals surface area contributed by atoms with E-state index in [1.807, 2.05) is 18.4 Å². The molecule has 0 saturated heterocycles. The normalized spacial score (nSPS) is 13.6. The van der Waals surface area contributed by atoms with Gasteiger partial charge in [-0.15, -0.1) is 0 Å². The average Bonchev–Trinajstić information content (AvgIpc) is 3.29. The van der Waals surface area contributed by atoms with E-state index in [4.69, 9.17) is 15.5 Å². The Hall–Kier alpha value is -2.37. The van der Waals surface area contributed by atoms with E-state index in [-0.39, 0.29) is 11.7 Å². The number of aromatic nitrogens is 4. The van der Waals surface area contributed by atoms with Gasteiger partial charge in [-0.05, 0) is 36.5 Å². The molecule has 0 saturated carbocycles. The number of nitrogen functional groups attached to an aromatic ring is 1. The van der Waals surface area contributed by atoms with Crippen LogP contribution in [-0.4, -0.2) is 46.8 Å². The SMILES string of the molecule is Cc1cc2c(cc1Sc1nc3c(N)ncnc3n1CCCNS(=O)(=O)CC(C)C)OCC2. The molecule has 0 unspecified atom stereocenters. The van der Waals surface area contributed by atoms with Crippen molar-refractivity contribution >= 4 is 38.8 Å². The van der Waals surface area contributed by atoms with Crippen LogP contribution in [-0.2, 0) is 23.0 Å². The van der Waals surface area contributed by atoms with Crippen molar-refractivity contribution in [1.82, 2.24) is 24.2 Å².